The number of anilines is 1. The highest BCUT2D eigenvalue weighted by Gasteiger charge is 2.10. The zero-order valence-corrected chi connectivity index (χ0v) is 10.8. The van der Waals surface area contributed by atoms with Gasteiger partial charge in [-0.3, -0.25) is 4.79 Å². The molecule has 0 spiro atoms. The van der Waals surface area contributed by atoms with Crippen molar-refractivity contribution in [1.29, 1.82) is 0 Å². The van der Waals surface area contributed by atoms with Gasteiger partial charge in [-0.1, -0.05) is 6.07 Å². The third kappa shape index (κ3) is 4.45. The number of benzene rings is 1. The van der Waals surface area contributed by atoms with Gasteiger partial charge in [-0.25, -0.2) is 4.79 Å². The first-order valence-electron chi connectivity index (χ1n) is 5.75. The first-order chi connectivity index (χ1) is 8.38. The summed E-state index contributed by atoms with van der Waals surface area (Å²) in [6, 6.07) is 4.80. The van der Waals surface area contributed by atoms with Crippen LogP contribution in [0, 0.1) is 13.8 Å². The molecule has 0 radical (unpaired) electrons. The molecule has 3 N–H and O–H groups in total. The van der Waals surface area contributed by atoms with Crippen LogP contribution in [0.1, 0.15) is 24.5 Å². The number of aliphatic carboxylic acids is 1. The predicted octanol–water partition coefficient (Wildman–Crippen LogP) is 2.29. The van der Waals surface area contributed by atoms with Crippen LogP contribution in [0.4, 0.5) is 10.5 Å². The van der Waals surface area contributed by atoms with Crippen molar-refractivity contribution in [3.05, 3.63) is 29.3 Å². The molecule has 18 heavy (non-hydrogen) atoms. The Bertz CT molecular complexity index is 458. The number of hydrogen-bond donors (Lipinski definition) is 3. The molecule has 0 heterocycles. The van der Waals surface area contributed by atoms with Crippen LogP contribution < -0.4 is 10.6 Å². The number of hydrogen-bond acceptors (Lipinski definition) is 2. The Morgan fingerprint density at radius 1 is 1.28 bits per heavy atom. The van der Waals surface area contributed by atoms with E-state index in [1.807, 2.05) is 32.0 Å². The van der Waals surface area contributed by atoms with E-state index < -0.39 is 18.0 Å². The average Bonchev–Trinajstić information content (AvgIpc) is 2.21. The van der Waals surface area contributed by atoms with Gasteiger partial charge in [0.2, 0.25) is 0 Å². The van der Waals surface area contributed by atoms with Gasteiger partial charge in [0.25, 0.3) is 0 Å². The van der Waals surface area contributed by atoms with Gasteiger partial charge >= 0.3 is 12.0 Å². The number of rotatable bonds is 4. The molecule has 0 aromatic heterocycles. The average molecular weight is 250 g/mol. The summed E-state index contributed by atoms with van der Waals surface area (Å²) in [4.78, 5) is 22.0. The van der Waals surface area contributed by atoms with E-state index in [2.05, 4.69) is 10.6 Å². The molecule has 98 valence electrons. The summed E-state index contributed by atoms with van der Waals surface area (Å²) in [5.41, 5.74) is 2.93. The summed E-state index contributed by atoms with van der Waals surface area (Å²) in [7, 11) is 0. The van der Waals surface area contributed by atoms with Crippen molar-refractivity contribution in [2.24, 2.45) is 0 Å². The molecule has 0 aliphatic carbocycles. The molecule has 0 aliphatic heterocycles. The van der Waals surface area contributed by atoms with Crippen molar-refractivity contribution in [2.45, 2.75) is 33.2 Å². The lowest BCUT2D eigenvalue weighted by Crippen LogP contribution is -2.37. The van der Waals surface area contributed by atoms with E-state index in [1.165, 1.54) is 0 Å². The molecule has 1 unspecified atom stereocenters. The van der Waals surface area contributed by atoms with Crippen LogP contribution in [-0.4, -0.2) is 23.1 Å². The van der Waals surface area contributed by atoms with E-state index in [0.29, 0.717) is 5.69 Å². The van der Waals surface area contributed by atoms with E-state index in [4.69, 9.17) is 5.11 Å². The van der Waals surface area contributed by atoms with Crippen LogP contribution in [0.25, 0.3) is 0 Å². The number of aryl methyl sites for hydroxylation is 2. The second-order valence-corrected chi connectivity index (χ2v) is 4.40. The van der Waals surface area contributed by atoms with Gasteiger partial charge in [0, 0.05) is 11.7 Å². The molecule has 0 bridgehead atoms. The third-order valence-electron chi connectivity index (χ3n) is 2.62. The number of nitrogens with one attached hydrogen (secondary N) is 2. The summed E-state index contributed by atoms with van der Waals surface area (Å²) in [6.45, 7) is 5.60. The fraction of sp³-hybridized carbons (Fsp3) is 0.385. The zero-order chi connectivity index (χ0) is 13.7. The third-order valence-corrected chi connectivity index (χ3v) is 2.62. The van der Waals surface area contributed by atoms with Gasteiger partial charge in [-0.2, -0.15) is 0 Å². The predicted molar refractivity (Wildman–Crippen MR) is 69.8 cm³/mol. The molecule has 1 aromatic carbocycles. The standard InChI is InChI=1S/C13H18N2O3/c1-8-4-5-11(6-9(8)2)15-13(18)14-10(3)7-12(16)17/h4-6,10H,7H2,1-3H3,(H,16,17)(H2,14,15,18). The lowest BCUT2D eigenvalue weighted by atomic mass is 10.1. The molecule has 0 saturated carbocycles. The minimum Gasteiger partial charge on any atom is -0.481 e. The van der Waals surface area contributed by atoms with Gasteiger partial charge < -0.3 is 15.7 Å². The quantitative estimate of drug-likeness (QED) is 0.767. The SMILES string of the molecule is Cc1ccc(NC(=O)NC(C)CC(=O)O)cc1C. The van der Waals surface area contributed by atoms with E-state index in [9.17, 15) is 9.59 Å². The summed E-state index contributed by atoms with van der Waals surface area (Å²) in [6.07, 6.45) is -0.0969. The first kappa shape index (κ1) is 14.0. The van der Waals surface area contributed by atoms with Crippen LogP contribution in [0.15, 0.2) is 18.2 Å². The highest BCUT2D eigenvalue weighted by atomic mass is 16.4. The van der Waals surface area contributed by atoms with Crippen molar-refractivity contribution in [3.63, 3.8) is 0 Å². The van der Waals surface area contributed by atoms with Gasteiger partial charge in [0.15, 0.2) is 0 Å². The fourth-order valence-corrected chi connectivity index (χ4v) is 1.52. The minimum atomic E-state index is -0.936. The summed E-state index contributed by atoms with van der Waals surface area (Å²) < 4.78 is 0. The van der Waals surface area contributed by atoms with Crippen LogP contribution >= 0.6 is 0 Å². The van der Waals surface area contributed by atoms with Crippen LogP contribution in [0.5, 0.6) is 0 Å². The Labute approximate surface area is 106 Å². The van der Waals surface area contributed by atoms with E-state index >= 15 is 0 Å². The molecule has 1 aromatic rings. The molecule has 2 amide bonds. The van der Waals surface area contributed by atoms with Crippen LogP contribution in [-0.2, 0) is 4.79 Å². The second-order valence-electron chi connectivity index (χ2n) is 4.40. The molecule has 1 atom stereocenters. The summed E-state index contributed by atoms with van der Waals surface area (Å²) >= 11 is 0. The Morgan fingerprint density at radius 3 is 2.50 bits per heavy atom. The minimum absolute atomic E-state index is 0.0969. The van der Waals surface area contributed by atoms with Crippen LogP contribution in [0.3, 0.4) is 0 Å². The van der Waals surface area contributed by atoms with Crippen molar-refractivity contribution >= 4 is 17.7 Å². The Hall–Kier alpha value is -2.04. The Balaban J connectivity index is 2.54. The number of carbonyl (C=O) groups is 2. The normalized spacial score (nSPS) is 11.7. The topological polar surface area (TPSA) is 78.4 Å². The van der Waals surface area contributed by atoms with E-state index in [-0.39, 0.29) is 6.42 Å². The number of carbonyl (C=O) groups excluding carboxylic acids is 1. The van der Waals surface area contributed by atoms with Gasteiger partial charge in [-0.05, 0) is 44.0 Å². The highest BCUT2D eigenvalue weighted by Crippen LogP contribution is 2.13. The Morgan fingerprint density at radius 2 is 1.94 bits per heavy atom. The first-order valence-corrected chi connectivity index (χ1v) is 5.75. The Kier molecular flexibility index (Phi) is 4.71. The van der Waals surface area contributed by atoms with Crippen LogP contribution in [0.2, 0.25) is 0 Å². The van der Waals surface area contributed by atoms with Gasteiger partial charge in [0.05, 0.1) is 6.42 Å². The van der Waals surface area contributed by atoms with E-state index in [0.717, 1.165) is 11.1 Å². The van der Waals surface area contributed by atoms with Gasteiger partial charge in [-0.15, -0.1) is 0 Å². The number of amides is 2. The molecular formula is C13H18N2O3. The molecule has 5 nitrogen and oxygen atoms in total. The largest absolute Gasteiger partial charge is 0.481 e. The van der Waals surface area contributed by atoms with Crippen molar-refractivity contribution in [3.8, 4) is 0 Å². The molecule has 0 aliphatic rings. The smallest absolute Gasteiger partial charge is 0.319 e. The number of urea groups is 1. The molecule has 0 fully saturated rings. The zero-order valence-electron chi connectivity index (χ0n) is 10.8. The monoisotopic (exact) mass is 250 g/mol. The molecule has 5 heteroatoms. The van der Waals surface area contributed by atoms with Crippen molar-refractivity contribution in [1.82, 2.24) is 5.32 Å². The summed E-state index contributed by atoms with van der Waals surface area (Å²) in [5.74, 6) is -0.936. The maximum atomic E-state index is 11.6. The number of carboxylic acid groups (broad SMARTS) is 1. The van der Waals surface area contributed by atoms with Crippen molar-refractivity contribution < 1.29 is 14.7 Å². The maximum Gasteiger partial charge on any atom is 0.319 e. The van der Waals surface area contributed by atoms with E-state index in [1.54, 1.807) is 6.92 Å². The lowest BCUT2D eigenvalue weighted by Gasteiger charge is -2.13. The lowest BCUT2D eigenvalue weighted by molar-refractivity contribution is -0.137. The fourth-order valence-electron chi connectivity index (χ4n) is 1.52. The maximum absolute atomic E-state index is 11.6. The second kappa shape index (κ2) is 6.05. The highest BCUT2D eigenvalue weighted by molar-refractivity contribution is 5.89. The molecular weight excluding hydrogens is 232 g/mol. The molecule has 0 saturated heterocycles. The molecule has 1 rings (SSSR count). The summed E-state index contributed by atoms with van der Waals surface area (Å²) in [5, 5.41) is 13.8. The van der Waals surface area contributed by atoms with Crippen molar-refractivity contribution in [2.75, 3.05) is 5.32 Å². The number of carboxylic acids is 1. The van der Waals surface area contributed by atoms with Gasteiger partial charge in [0.1, 0.15) is 0 Å².